The number of nitrogen functional groups attached to an aromatic ring is 1. The fraction of sp³-hybridized carbons (Fsp3) is 0. The molecule has 8 heteroatoms. The monoisotopic (exact) mass is 268 g/mol. The van der Waals surface area contributed by atoms with Crippen molar-refractivity contribution in [2.45, 2.75) is 0 Å². The molecule has 5 nitrogen and oxygen atoms in total. The van der Waals surface area contributed by atoms with E-state index in [-0.39, 0.29) is 11.5 Å². The maximum atomic E-state index is 13.3. The first-order valence-electron chi connectivity index (χ1n) is 5.03. The van der Waals surface area contributed by atoms with Crippen LogP contribution in [-0.2, 0) is 0 Å². The van der Waals surface area contributed by atoms with Gasteiger partial charge in [-0.05, 0) is 24.3 Å². The molecule has 0 bridgehead atoms. The molecule has 1 aromatic carbocycles. The van der Waals surface area contributed by atoms with Gasteiger partial charge in [0, 0.05) is 0 Å². The molecule has 0 aliphatic heterocycles. The normalized spacial score (nSPS) is 10.3. The minimum absolute atomic E-state index is 0.107. The van der Waals surface area contributed by atoms with Crippen molar-refractivity contribution in [2.24, 2.45) is 0 Å². The van der Waals surface area contributed by atoms with Crippen LogP contribution >= 0.6 is 0 Å². The Morgan fingerprint density at radius 2 is 1.79 bits per heavy atom. The second kappa shape index (κ2) is 4.92. The molecule has 0 saturated heterocycles. The van der Waals surface area contributed by atoms with E-state index in [1.54, 1.807) is 0 Å². The molecule has 0 aliphatic rings. The SMILES string of the molecule is Nc1ccc(C(=O)Nc2ccc(F)c(F)c2F)nn1. The number of benzene rings is 1. The van der Waals surface area contributed by atoms with Crippen molar-refractivity contribution >= 4 is 17.4 Å². The Kier molecular flexibility index (Phi) is 3.32. The molecule has 0 aliphatic carbocycles. The number of aromatic nitrogens is 2. The summed E-state index contributed by atoms with van der Waals surface area (Å²) in [7, 11) is 0. The Morgan fingerprint density at radius 3 is 2.42 bits per heavy atom. The van der Waals surface area contributed by atoms with Gasteiger partial charge in [0.25, 0.3) is 5.91 Å². The summed E-state index contributed by atoms with van der Waals surface area (Å²) in [6, 6.07) is 4.18. The third-order valence-corrected chi connectivity index (χ3v) is 2.20. The van der Waals surface area contributed by atoms with Gasteiger partial charge in [-0.25, -0.2) is 13.2 Å². The molecule has 98 valence electrons. The van der Waals surface area contributed by atoms with E-state index in [1.807, 2.05) is 0 Å². The van der Waals surface area contributed by atoms with E-state index >= 15 is 0 Å². The minimum Gasteiger partial charge on any atom is -0.382 e. The van der Waals surface area contributed by atoms with Crippen molar-refractivity contribution in [2.75, 3.05) is 11.1 Å². The topological polar surface area (TPSA) is 80.9 Å². The van der Waals surface area contributed by atoms with Crippen LogP contribution in [0.3, 0.4) is 0 Å². The van der Waals surface area contributed by atoms with Crippen LogP contribution in [-0.4, -0.2) is 16.1 Å². The van der Waals surface area contributed by atoms with Gasteiger partial charge in [-0.1, -0.05) is 0 Å². The Balaban J connectivity index is 2.24. The average Bonchev–Trinajstić information content (AvgIpc) is 2.40. The van der Waals surface area contributed by atoms with Crippen molar-refractivity contribution in [1.29, 1.82) is 0 Å². The van der Waals surface area contributed by atoms with Crippen LogP contribution in [0.5, 0.6) is 0 Å². The lowest BCUT2D eigenvalue weighted by atomic mass is 10.2. The van der Waals surface area contributed by atoms with Crippen molar-refractivity contribution in [1.82, 2.24) is 10.2 Å². The number of hydrogen-bond acceptors (Lipinski definition) is 4. The summed E-state index contributed by atoms with van der Waals surface area (Å²) >= 11 is 0. The molecule has 0 atom stereocenters. The number of nitrogens with one attached hydrogen (secondary N) is 1. The molecular formula is C11H7F3N4O. The van der Waals surface area contributed by atoms with Gasteiger partial charge < -0.3 is 11.1 Å². The highest BCUT2D eigenvalue weighted by Crippen LogP contribution is 2.20. The first kappa shape index (κ1) is 12.8. The van der Waals surface area contributed by atoms with E-state index in [4.69, 9.17) is 5.73 Å². The number of anilines is 2. The van der Waals surface area contributed by atoms with Gasteiger partial charge in [0.15, 0.2) is 23.1 Å². The average molecular weight is 268 g/mol. The summed E-state index contributed by atoms with van der Waals surface area (Å²) in [5.74, 6) is -5.21. The van der Waals surface area contributed by atoms with E-state index in [9.17, 15) is 18.0 Å². The summed E-state index contributed by atoms with van der Waals surface area (Å²) in [6.45, 7) is 0. The lowest BCUT2D eigenvalue weighted by Gasteiger charge is -2.06. The number of amides is 1. The van der Waals surface area contributed by atoms with Gasteiger partial charge in [-0.2, -0.15) is 0 Å². The number of carbonyl (C=O) groups is 1. The van der Waals surface area contributed by atoms with Crippen LogP contribution < -0.4 is 11.1 Å². The zero-order valence-corrected chi connectivity index (χ0v) is 9.32. The molecular weight excluding hydrogens is 261 g/mol. The summed E-state index contributed by atoms with van der Waals surface area (Å²) in [6.07, 6.45) is 0. The number of rotatable bonds is 2. The zero-order valence-electron chi connectivity index (χ0n) is 9.32. The fourth-order valence-corrected chi connectivity index (χ4v) is 1.27. The van der Waals surface area contributed by atoms with E-state index < -0.39 is 29.0 Å². The molecule has 1 heterocycles. The quantitative estimate of drug-likeness (QED) is 0.813. The first-order valence-corrected chi connectivity index (χ1v) is 5.03. The van der Waals surface area contributed by atoms with Crippen molar-refractivity contribution < 1.29 is 18.0 Å². The Morgan fingerprint density at radius 1 is 1.05 bits per heavy atom. The molecule has 1 amide bonds. The molecule has 0 unspecified atom stereocenters. The molecule has 0 saturated carbocycles. The summed E-state index contributed by atoms with van der Waals surface area (Å²) in [4.78, 5) is 11.6. The van der Waals surface area contributed by atoms with Crippen molar-refractivity contribution in [3.8, 4) is 0 Å². The fourth-order valence-electron chi connectivity index (χ4n) is 1.27. The van der Waals surface area contributed by atoms with Gasteiger partial charge in [0.2, 0.25) is 0 Å². The number of nitrogens with two attached hydrogens (primary N) is 1. The zero-order chi connectivity index (χ0) is 14.0. The smallest absolute Gasteiger partial charge is 0.276 e. The Labute approximate surface area is 105 Å². The van der Waals surface area contributed by atoms with Gasteiger partial charge in [0.1, 0.15) is 5.82 Å². The molecule has 2 rings (SSSR count). The van der Waals surface area contributed by atoms with Crippen LogP contribution in [0.15, 0.2) is 24.3 Å². The number of halogens is 3. The van der Waals surface area contributed by atoms with Gasteiger partial charge in [-0.15, -0.1) is 10.2 Å². The second-order valence-corrected chi connectivity index (χ2v) is 3.52. The highest BCUT2D eigenvalue weighted by atomic mass is 19.2. The lowest BCUT2D eigenvalue weighted by molar-refractivity contribution is 0.102. The Bertz CT molecular complexity index is 631. The lowest BCUT2D eigenvalue weighted by Crippen LogP contribution is -2.16. The Hall–Kier alpha value is -2.64. The van der Waals surface area contributed by atoms with Crippen LogP contribution in [0.1, 0.15) is 10.5 Å². The largest absolute Gasteiger partial charge is 0.382 e. The molecule has 0 fully saturated rings. The summed E-state index contributed by atoms with van der Waals surface area (Å²) < 4.78 is 39.0. The molecule has 1 aromatic heterocycles. The van der Waals surface area contributed by atoms with E-state index in [2.05, 4.69) is 15.5 Å². The number of hydrogen-bond donors (Lipinski definition) is 2. The highest BCUT2D eigenvalue weighted by Gasteiger charge is 2.16. The predicted molar refractivity (Wildman–Crippen MR) is 60.7 cm³/mol. The molecule has 3 N–H and O–H groups in total. The second-order valence-electron chi connectivity index (χ2n) is 3.52. The van der Waals surface area contributed by atoms with E-state index in [1.165, 1.54) is 12.1 Å². The van der Waals surface area contributed by atoms with Crippen LogP contribution in [0.2, 0.25) is 0 Å². The maximum absolute atomic E-state index is 13.3. The third kappa shape index (κ3) is 2.62. The highest BCUT2D eigenvalue weighted by molar-refractivity contribution is 6.02. The van der Waals surface area contributed by atoms with Gasteiger partial charge >= 0.3 is 0 Å². The molecule has 0 radical (unpaired) electrons. The van der Waals surface area contributed by atoms with E-state index in [0.29, 0.717) is 6.07 Å². The maximum Gasteiger partial charge on any atom is 0.276 e. The summed E-state index contributed by atoms with van der Waals surface area (Å²) in [5, 5.41) is 8.95. The van der Waals surface area contributed by atoms with Crippen molar-refractivity contribution in [3.05, 3.63) is 47.4 Å². The summed E-state index contributed by atoms with van der Waals surface area (Å²) in [5.41, 5.74) is 4.65. The number of nitrogens with zero attached hydrogens (tertiary/aromatic N) is 2. The first-order chi connectivity index (χ1) is 8.99. The third-order valence-electron chi connectivity index (χ3n) is 2.20. The van der Waals surface area contributed by atoms with Gasteiger partial charge in [-0.3, -0.25) is 4.79 Å². The van der Waals surface area contributed by atoms with Crippen LogP contribution in [0.4, 0.5) is 24.7 Å². The van der Waals surface area contributed by atoms with E-state index in [0.717, 1.165) is 6.07 Å². The van der Waals surface area contributed by atoms with Crippen LogP contribution in [0.25, 0.3) is 0 Å². The molecule has 0 spiro atoms. The van der Waals surface area contributed by atoms with Crippen molar-refractivity contribution in [3.63, 3.8) is 0 Å². The molecule has 19 heavy (non-hydrogen) atoms. The van der Waals surface area contributed by atoms with Crippen LogP contribution in [0, 0.1) is 17.5 Å². The predicted octanol–water partition coefficient (Wildman–Crippen LogP) is 1.73. The van der Waals surface area contributed by atoms with Gasteiger partial charge in [0.05, 0.1) is 5.69 Å². The molecule has 2 aromatic rings. The minimum atomic E-state index is -1.67. The standard InChI is InChI=1S/C11H7F3N4O/c12-5-1-2-6(10(14)9(5)13)16-11(19)7-3-4-8(15)18-17-7/h1-4H,(H2,15,18)(H,16,19). The number of carbonyl (C=O) groups excluding carboxylic acids is 1.